The van der Waals surface area contributed by atoms with Crippen molar-refractivity contribution in [2.75, 3.05) is 6.54 Å². The van der Waals surface area contributed by atoms with Crippen molar-refractivity contribution in [1.82, 2.24) is 15.2 Å². The molecule has 12 heteroatoms. The first-order valence-electron chi connectivity index (χ1n) is 10.1. The summed E-state index contributed by atoms with van der Waals surface area (Å²) in [7, 11) is 0. The maximum atomic E-state index is 12.6. The van der Waals surface area contributed by atoms with E-state index in [0.717, 1.165) is 5.01 Å². The average Bonchev–Trinajstić information content (AvgIpc) is 3.30. The summed E-state index contributed by atoms with van der Waals surface area (Å²) in [6.45, 7) is 5.88. The number of furan rings is 1. The number of amides is 5. The molecule has 1 N–H and O–H groups in total. The number of halogens is 2. The lowest BCUT2D eigenvalue weighted by molar-refractivity contribution is -0.139. The summed E-state index contributed by atoms with van der Waals surface area (Å²) in [5.74, 6) is -0.895. The first-order chi connectivity index (χ1) is 15.9. The molecule has 0 aliphatic carbocycles. The Kier molecular flexibility index (Phi) is 7.32. The zero-order chi connectivity index (χ0) is 25.2. The van der Waals surface area contributed by atoms with E-state index in [-0.39, 0.29) is 0 Å². The monoisotopic (exact) mass is 508 g/mol. The lowest BCUT2D eigenvalue weighted by atomic mass is 10.2. The fraction of sp³-hybridized carbons (Fsp3) is 0.318. The summed E-state index contributed by atoms with van der Waals surface area (Å²) < 4.78 is 10.7. The van der Waals surface area contributed by atoms with Gasteiger partial charge in [0.1, 0.15) is 29.7 Å². The number of urea groups is 1. The van der Waals surface area contributed by atoms with Gasteiger partial charge < -0.3 is 14.5 Å². The molecule has 1 aromatic carbocycles. The maximum absolute atomic E-state index is 12.6. The number of hydrogen-bond donors (Lipinski definition) is 1. The van der Waals surface area contributed by atoms with Crippen LogP contribution in [0.2, 0.25) is 10.0 Å². The van der Waals surface area contributed by atoms with Crippen LogP contribution in [-0.4, -0.2) is 58.2 Å². The SMILES string of the molecule is CC(NC(=O)OC(C)(C)C)C(=O)N1C(=O)CN(N=Cc2ccc(-c3ccc(Cl)c(Cl)c3)o2)C1=O. The van der Waals surface area contributed by atoms with Crippen LogP contribution in [0.3, 0.4) is 0 Å². The van der Waals surface area contributed by atoms with Gasteiger partial charge in [-0.1, -0.05) is 23.2 Å². The van der Waals surface area contributed by atoms with Crippen LogP contribution < -0.4 is 5.32 Å². The minimum Gasteiger partial charge on any atom is -0.455 e. The molecule has 180 valence electrons. The second-order valence-corrected chi connectivity index (χ2v) is 9.17. The third-order valence-corrected chi connectivity index (χ3v) is 5.16. The first-order valence-corrected chi connectivity index (χ1v) is 10.9. The second kappa shape index (κ2) is 9.86. The van der Waals surface area contributed by atoms with Crippen LogP contribution in [-0.2, 0) is 14.3 Å². The van der Waals surface area contributed by atoms with Gasteiger partial charge in [0, 0.05) is 5.56 Å². The smallest absolute Gasteiger partial charge is 0.408 e. The van der Waals surface area contributed by atoms with Crippen molar-refractivity contribution in [3.8, 4) is 11.3 Å². The molecule has 0 saturated carbocycles. The minimum atomic E-state index is -1.18. The number of ether oxygens (including phenoxy) is 1. The number of alkyl carbamates (subject to hydrolysis) is 1. The molecule has 34 heavy (non-hydrogen) atoms. The van der Waals surface area contributed by atoms with E-state index in [0.29, 0.717) is 32.0 Å². The Morgan fingerprint density at radius 2 is 1.88 bits per heavy atom. The fourth-order valence-corrected chi connectivity index (χ4v) is 3.19. The molecule has 1 aromatic heterocycles. The number of benzene rings is 1. The molecule has 2 aromatic rings. The topological polar surface area (TPSA) is 122 Å². The summed E-state index contributed by atoms with van der Waals surface area (Å²) in [4.78, 5) is 49.8. The minimum absolute atomic E-state index is 0.297. The maximum Gasteiger partial charge on any atom is 0.408 e. The van der Waals surface area contributed by atoms with E-state index >= 15 is 0 Å². The lowest BCUT2D eigenvalue weighted by Crippen LogP contribution is -2.50. The van der Waals surface area contributed by atoms with Crippen LogP contribution in [0.4, 0.5) is 9.59 Å². The van der Waals surface area contributed by atoms with E-state index in [4.69, 9.17) is 32.4 Å². The van der Waals surface area contributed by atoms with Gasteiger partial charge in [-0.25, -0.2) is 14.6 Å². The van der Waals surface area contributed by atoms with Gasteiger partial charge in [-0.15, -0.1) is 0 Å². The number of rotatable bonds is 5. The van der Waals surface area contributed by atoms with E-state index in [1.807, 2.05) is 0 Å². The van der Waals surface area contributed by atoms with Gasteiger partial charge in [0.25, 0.3) is 11.8 Å². The molecule has 2 heterocycles. The molecule has 1 fully saturated rings. The summed E-state index contributed by atoms with van der Waals surface area (Å²) in [6.07, 6.45) is 0.390. The summed E-state index contributed by atoms with van der Waals surface area (Å²) in [6, 6.07) is 6.17. The van der Waals surface area contributed by atoms with Gasteiger partial charge in [-0.2, -0.15) is 10.0 Å². The Bertz CT molecular complexity index is 1170. The van der Waals surface area contributed by atoms with E-state index < -0.39 is 42.1 Å². The van der Waals surface area contributed by atoms with E-state index in [1.54, 1.807) is 51.1 Å². The second-order valence-electron chi connectivity index (χ2n) is 8.35. The highest BCUT2D eigenvalue weighted by Gasteiger charge is 2.42. The normalized spacial score (nSPS) is 15.2. The van der Waals surface area contributed by atoms with Gasteiger partial charge >= 0.3 is 12.1 Å². The molecule has 3 rings (SSSR count). The molecule has 0 spiro atoms. The molecule has 1 aliphatic rings. The summed E-state index contributed by atoms with van der Waals surface area (Å²) in [5, 5.41) is 7.86. The summed E-state index contributed by atoms with van der Waals surface area (Å²) >= 11 is 11.9. The third-order valence-electron chi connectivity index (χ3n) is 4.43. The molecule has 0 radical (unpaired) electrons. The molecule has 1 aliphatic heterocycles. The average molecular weight is 509 g/mol. The molecular weight excluding hydrogens is 487 g/mol. The number of imide groups is 3. The molecule has 0 bridgehead atoms. The van der Waals surface area contributed by atoms with Crippen molar-refractivity contribution in [2.24, 2.45) is 5.10 Å². The highest BCUT2D eigenvalue weighted by atomic mass is 35.5. The van der Waals surface area contributed by atoms with Crippen LogP contribution in [0, 0.1) is 0 Å². The van der Waals surface area contributed by atoms with Crippen molar-refractivity contribution in [3.05, 3.63) is 46.1 Å². The zero-order valence-electron chi connectivity index (χ0n) is 18.8. The van der Waals surface area contributed by atoms with Crippen LogP contribution in [0.15, 0.2) is 39.9 Å². The number of nitrogens with zero attached hydrogens (tertiary/aromatic N) is 3. The van der Waals surface area contributed by atoms with Crippen LogP contribution >= 0.6 is 23.2 Å². The molecular formula is C22H22Cl2N4O6. The quantitative estimate of drug-likeness (QED) is 0.474. The number of hydrogen-bond acceptors (Lipinski definition) is 7. The van der Waals surface area contributed by atoms with Crippen molar-refractivity contribution in [1.29, 1.82) is 0 Å². The predicted molar refractivity (Wildman–Crippen MR) is 125 cm³/mol. The molecule has 1 unspecified atom stereocenters. The van der Waals surface area contributed by atoms with Gasteiger partial charge in [0.15, 0.2) is 0 Å². The standard InChI is InChI=1S/C22H22Cl2N4O6/c1-12(26-20(31)34-22(2,3)4)19(30)28-18(29)11-27(21(28)32)25-10-14-6-8-17(33-14)13-5-7-15(23)16(24)9-13/h5-10,12H,11H2,1-4H3,(H,26,31). The van der Waals surface area contributed by atoms with E-state index in [1.165, 1.54) is 13.1 Å². The zero-order valence-corrected chi connectivity index (χ0v) is 20.3. The van der Waals surface area contributed by atoms with Crippen LogP contribution in [0.1, 0.15) is 33.5 Å². The van der Waals surface area contributed by atoms with Crippen molar-refractivity contribution in [3.63, 3.8) is 0 Å². The summed E-state index contributed by atoms with van der Waals surface area (Å²) in [5.41, 5.74) is -0.0897. The Hall–Kier alpha value is -3.37. The van der Waals surface area contributed by atoms with Crippen molar-refractivity contribution >= 4 is 53.4 Å². The van der Waals surface area contributed by atoms with Gasteiger partial charge in [0.05, 0.1) is 16.3 Å². The Morgan fingerprint density at radius 1 is 1.18 bits per heavy atom. The van der Waals surface area contributed by atoms with E-state index in [9.17, 15) is 19.2 Å². The lowest BCUT2D eigenvalue weighted by Gasteiger charge is -2.22. The van der Waals surface area contributed by atoms with Gasteiger partial charge in [-0.05, 0) is 58.0 Å². The molecule has 1 saturated heterocycles. The fourth-order valence-electron chi connectivity index (χ4n) is 2.89. The van der Waals surface area contributed by atoms with Gasteiger partial charge in [-0.3, -0.25) is 9.59 Å². The van der Waals surface area contributed by atoms with Crippen molar-refractivity contribution < 1.29 is 28.3 Å². The number of hydrazone groups is 1. The van der Waals surface area contributed by atoms with Gasteiger partial charge in [0.2, 0.25) is 0 Å². The van der Waals surface area contributed by atoms with E-state index in [2.05, 4.69) is 10.4 Å². The van der Waals surface area contributed by atoms with Crippen LogP contribution in [0.5, 0.6) is 0 Å². The largest absolute Gasteiger partial charge is 0.455 e. The molecule has 10 nitrogen and oxygen atoms in total. The predicted octanol–water partition coefficient (Wildman–Crippen LogP) is 4.29. The Balaban J connectivity index is 1.65. The number of carbonyl (C=O) groups excluding carboxylic acids is 4. The highest BCUT2D eigenvalue weighted by molar-refractivity contribution is 6.42. The third kappa shape index (κ3) is 5.95. The highest BCUT2D eigenvalue weighted by Crippen LogP contribution is 2.29. The number of nitrogens with one attached hydrogen (secondary N) is 1. The molecule has 5 amide bonds. The number of carbonyl (C=O) groups is 4. The Labute approximate surface area is 205 Å². The Morgan fingerprint density at radius 3 is 2.53 bits per heavy atom. The van der Waals surface area contributed by atoms with Crippen molar-refractivity contribution in [2.45, 2.75) is 39.3 Å². The first kappa shape index (κ1) is 25.3. The molecule has 1 atom stereocenters. The van der Waals surface area contributed by atoms with Crippen LogP contribution in [0.25, 0.3) is 11.3 Å².